The van der Waals surface area contributed by atoms with Gasteiger partial charge in [-0.3, -0.25) is 4.79 Å². The number of amides is 1. The number of carbonyl (C=O) groups excluding carboxylic acids is 1. The van der Waals surface area contributed by atoms with Gasteiger partial charge < -0.3 is 5.11 Å². The average Bonchev–Trinajstić information content (AvgIpc) is 3.34. The fraction of sp³-hybridized carbons (Fsp3) is 0. The highest BCUT2D eigenvalue weighted by Gasteiger charge is 2.18. The average molecular weight is 463 g/mol. The maximum Gasteiger partial charge on any atom is 0.335 e. The Labute approximate surface area is 202 Å². The Bertz CT molecular complexity index is 1390. The van der Waals surface area contributed by atoms with Crippen molar-refractivity contribution in [3.05, 3.63) is 132 Å². The van der Waals surface area contributed by atoms with Crippen molar-refractivity contribution in [3.8, 4) is 22.5 Å². The fourth-order valence-electron chi connectivity index (χ4n) is 3.34. The molecular formula is C28H22N4O3. The van der Waals surface area contributed by atoms with Gasteiger partial charge in [0.1, 0.15) is 11.4 Å². The first kappa shape index (κ1) is 23.1. The lowest BCUT2D eigenvalue weighted by molar-refractivity contribution is 0.0696. The van der Waals surface area contributed by atoms with Crippen molar-refractivity contribution in [2.75, 3.05) is 5.43 Å². The lowest BCUT2D eigenvalue weighted by Crippen LogP contribution is -2.24. The van der Waals surface area contributed by atoms with E-state index in [-0.39, 0.29) is 5.91 Å². The molecule has 7 nitrogen and oxygen atoms in total. The molecule has 0 aliphatic rings. The van der Waals surface area contributed by atoms with E-state index in [1.807, 2.05) is 78.9 Å². The Balaban J connectivity index is 0.000000271. The molecule has 0 fully saturated rings. The van der Waals surface area contributed by atoms with Gasteiger partial charge >= 0.3 is 5.97 Å². The minimum Gasteiger partial charge on any atom is -0.478 e. The normalized spacial score (nSPS) is 10.1. The fourth-order valence-corrected chi connectivity index (χ4v) is 3.34. The van der Waals surface area contributed by atoms with Gasteiger partial charge in [0, 0.05) is 16.7 Å². The zero-order chi connectivity index (χ0) is 24.5. The predicted molar refractivity (Wildman–Crippen MR) is 134 cm³/mol. The number of aromatic nitrogens is 3. The SMILES string of the molecule is O=C(Nn1nnc(-c2ccccc2)c1-c1ccccc1)c1ccccc1.O=C(O)c1ccccc1. The Morgan fingerprint density at radius 2 is 1.09 bits per heavy atom. The quantitative estimate of drug-likeness (QED) is 0.365. The lowest BCUT2D eigenvalue weighted by atomic mass is 10.1. The zero-order valence-electron chi connectivity index (χ0n) is 18.7. The number of carboxylic acids is 1. The molecule has 0 atom stereocenters. The Morgan fingerprint density at radius 3 is 1.57 bits per heavy atom. The monoisotopic (exact) mass is 462 g/mol. The van der Waals surface area contributed by atoms with Crippen molar-refractivity contribution in [1.29, 1.82) is 0 Å². The Morgan fingerprint density at radius 1 is 0.629 bits per heavy atom. The van der Waals surface area contributed by atoms with Gasteiger partial charge in [0.2, 0.25) is 0 Å². The van der Waals surface area contributed by atoms with Crippen molar-refractivity contribution < 1.29 is 14.7 Å². The molecule has 0 bridgehead atoms. The number of carboxylic acid groups (broad SMARTS) is 1. The van der Waals surface area contributed by atoms with Crippen molar-refractivity contribution in [2.45, 2.75) is 0 Å². The third-order valence-electron chi connectivity index (χ3n) is 5.03. The maximum atomic E-state index is 12.5. The number of hydrogen-bond donors (Lipinski definition) is 2. The molecule has 0 aliphatic carbocycles. The van der Waals surface area contributed by atoms with Gasteiger partial charge in [-0.1, -0.05) is 97.1 Å². The van der Waals surface area contributed by atoms with Crippen LogP contribution in [0.4, 0.5) is 0 Å². The molecule has 172 valence electrons. The van der Waals surface area contributed by atoms with Crippen molar-refractivity contribution in [1.82, 2.24) is 15.1 Å². The molecule has 1 aromatic heterocycles. The summed E-state index contributed by atoms with van der Waals surface area (Å²) in [6.45, 7) is 0. The van der Waals surface area contributed by atoms with E-state index in [1.165, 1.54) is 4.79 Å². The first-order valence-corrected chi connectivity index (χ1v) is 10.8. The molecule has 35 heavy (non-hydrogen) atoms. The lowest BCUT2D eigenvalue weighted by Gasteiger charge is -2.10. The largest absolute Gasteiger partial charge is 0.478 e. The molecule has 0 spiro atoms. The van der Waals surface area contributed by atoms with E-state index >= 15 is 0 Å². The van der Waals surface area contributed by atoms with Crippen LogP contribution in [-0.4, -0.2) is 32.1 Å². The summed E-state index contributed by atoms with van der Waals surface area (Å²) in [5, 5.41) is 16.9. The van der Waals surface area contributed by atoms with Crippen molar-refractivity contribution in [2.24, 2.45) is 0 Å². The summed E-state index contributed by atoms with van der Waals surface area (Å²) in [6.07, 6.45) is 0. The summed E-state index contributed by atoms with van der Waals surface area (Å²) in [6, 6.07) is 36.9. The summed E-state index contributed by atoms with van der Waals surface area (Å²) < 4.78 is 0. The van der Waals surface area contributed by atoms with E-state index in [1.54, 1.807) is 42.5 Å². The molecule has 5 aromatic rings. The van der Waals surface area contributed by atoms with Crippen LogP contribution in [0.1, 0.15) is 20.7 Å². The molecule has 1 heterocycles. The second kappa shape index (κ2) is 11.2. The number of nitrogens with one attached hydrogen (secondary N) is 1. The molecule has 0 aliphatic heterocycles. The second-order valence-electron chi connectivity index (χ2n) is 7.41. The summed E-state index contributed by atoms with van der Waals surface area (Å²) in [4.78, 5) is 24.2. The van der Waals surface area contributed by atoms with E-state index in [4.69, 9.17) is 5.11 Å². The number of aromatic carboxylic acids is 1. The maximum absolute atomic E-state index is 12.5. The first-order chi connectivity index (χ1) is 17.1. The van der Waals surface area contributed by atoms with Gasteiger partial charge in [0.15, 0.2) is 0 Å². The molecular weight excluding hydrogens is 440 g/mol. The Hall–Kier alpha value is -5.04. The molecule has 7 heteroatoms. The zero-order valence-corrected chi connectivity index (χ0v) is 18.7. The standard InChI is InChI=1S/C21H16N4O.C7H6O2/c26-21(18-14-8-3-9-15-18)23-25-20(17-12-6-2-7-13-17)19(22-24-25)16-10-4-1-5-11-16;8-7(9)6-4-2-1-3-5-6/h1-15H,(H,23,26);1-5H,(H,8,9). The minimum absolute atomic E-state index is 0.243. The van der Waals surface area contributed by atoms with Gasteiger partial charge in [-0.15, -0.1) is 5.10 Å². The molecule has 4 aromatic carbocycles. The second-order valence-corrected chi connectivity index (χ2v) is 7.41. The van der Waals surface area contributed by atoms with Crippen LogP contribution in [0.25, 0.3) is 22.5 Å². The molecule has 2 N–H and O–H groups in total. The van der Waals surface area contributed by atoms with Crippen molar-refractivity contribution >= 4 is 11.9 Å². The van der Waals surface area contributed by atoms with Crippen LogP contribution in [-0.2, 0) is 0 Å². The van der Waals surface area contributed by atoms with Crippen LogP contribution >= 0.6 is 0 Å². The molecule has 1 amide bonds. The third kappa shape index (κ3) is 5.85. The van der Waals surface area contributed by atoms with E-state index in [2.05, 4.69) is 15.7 Å². The van der Waals surface area contributed by atoms with E-state index in [0.29, 0.717) is 16.8 Å². The molecule has 0 unspecified atom stereocenters. The number of nitrogens with zero attached hydrogens (tertiary/aromatic N) is 3. The number of hydrogen-bond acceptors (Lipinski definition) is 4. The van der Waals surface area contributed by atoms with E-state index in [9.17, 15) is 9.59 Å². The number of rotatable bonds is 5. The Kier molecular flexibility index (Phi) is 7.40. The smallest absolute Gasteiger partial charge is 0.335 e. The van der Waals surface area contributed by atoms with Gasteiger partial charge in [-0.25, -0.2) is 10.2 Å². The van der Waals surface area contributed by atoms with Crippen LogP contribution in [0.3, 0.4) is 0 Å². The van der Waals surface area contributed by atoms with E-state index in [0.717, 1.165) is 16.8 Å². The summed E-state index contributed by atoms with van der Waals surface area (Å²) in [5.74, 6) is -1.12. The van der Waals surface area contributed by atoms with Gasteiger partial charge in [0.05, 0.1) is 5.56 Å². The van der Waals surface area contributed by atoms with E-state index < -0.39 is 5.97 Å². The van der Waals surface area contributed by atoms with Gasteiger partial charge in [-0.2, -0.15) is 4.79 Å². The highest BCUT2D eigenvalue weighted by atomic mass is 16.4. The van der Waals surface area contributed by atoms with Crippen LogP contribution in [0, 0.1) is 0 Å². The predicted octanol–water partition coefficient (Wildman–Crippen LogP) is 5.38. The third-order valence-corrected chi connectivity index (χ3v) is 5.03. The highest BCUT2D eigenvalue weighted by Crippen LogP contribution is 2.29. The van der Waals surface area contributed by atoms with Gasteiger partial charge in [-0.05, 0) is 29.5 Å². The molecule has 0 saturated heterocycles. The van der Waals surface area contributed by atoms with Crippen molar-refractivity contribution in [3.63, 3.8) is 0 Å². The molecule has 0 radical (unpaired) electrons. The van der Waals surface area contributed by atoms with Crippen LogP contribution in [0.2, 0.25) is 0 Å². The number of benzene rings is 4. The summed E-state index contributed by atoms with van der Waals surface area (Å²) in [7, 11) is 0. The summed E-state index contributed by atoms with van der Waals surface area (Å²) >= 11 is 0. The topological polar surface area (TPSA) is 97.1 Å². The highest BCUT2D eigenvalue weighted by molar-refractivity contribution is 6.00. The number of carbonyl (C=O) groups is 2. The van der Waals surface area contributed by atoms with Gasteiger partial charge in [0.25, 0.3) is 5.91 Å². The van der Waals surface area contributed by atoms with Crippen LogP contribution in [0.5, 0.6) is 0 Å². The van der Waals surface area contributed by atoms with Crippen LogP contribution < -0.4 is 5.43 Å². The molecule has 0 saturated carbocycles. The summed E-state index contributed by atoms with van der Waals surface area (Å²) in [5.41, 5.74) is 7.02. The molecule has 5 rings (SSSR count). The van der Waals surface area contributed by atoms with Crippen LogP contribution in [0.15, 0.2) is 121 Å². The minimum atomic E-state index is -0.879. The first-order valence-electron chi connectivity index (χ1n) is 10.8.